The van der Waals surface area contributed by atoms with Crippen LogP contribution in [-0.4, -0.2) is 60.9 Å². The van der Waals surface area contributed by atoms with Gasteiger partial charge < -0.3 is 14.2 Å². The molecule has 1 saturated heterocycles. The van der Waals surface area contributed by atoms with Gasteiger partial charge in [0.05, 0.1) is 30.9 Å². The minimum Gasteiger partial charge on any atom is -0.472 e. The summed E-state index contributed by atoms with van der Waals surface area (Å²) in [6, 6.07) is 9.68. The van der Waals surface area contributed by atoms with Crippen LogP contribution in [0, 0.1) is 25.2 Å². The van der Waals surface area contributed by atoms with Crippen LogP contribution in [-0.2, 0) is 4.79 Å². The van der Waals surface area contributed by atoms with Crippen LogP contribution in [0.1, 0.15) is 27.9 Å². The first-order valence-electron chi connectivity index (χ1n) is 9.78. The number of nitrogens with zero attached hydrogens (tertiary/aromatic N) is 4. The molecule has 2 heterocycles. The van der Waals surface area contributed by atoms with Crippen LogP contribution in [0.2, 0.25) is 0 Å². The van der Waals surface area contributed by atoms with Crippen molar-refractivity contribution in [3.05, 3.63) is 53.5 Å². The minimum atomic E-state index is -0.0456. The predicted molar refractivity (Wildman–Crippen MR) is 110 cm³/mol. The Bertz CT molecular complexity index is 893. The smallest absolute Gasteiger partial charge is 0.257 e. The van der Waals surface area contributed by atoms with Gasteiger partial charge in [0, 0.05) is 38.4 Å². The summed E-state index contributed by atoms with van der Waals surface area (Å²) in [6.45, 7) is 7.06. The summed E-state index contributed by atoms with van der Waals surface area (Å²) in [6.07, 6.45) is 3.23. The van der Waals surface area contributed by atoms with Gasteiger partial charge in [0.25, 0.3) is 5.91 Å². The topological polar surface area (TPSA) is 80.8 Å². The fourth-order valence-electron chi connectivity index (χ4n) is 3.52. The van der Waals surface area contributed by atoms with Gasteiger partial charge in [-0.2, -0.15) is 5.26 Å². The van der Waals surface area contributed by atoms with Gasteiger partial charge in [0.1, 0.15) is 6.26 Å². The maximum Gasteiger partial charge on any atom is 0.257 e. The zero-order chi connectivity index (χ0) is 20.8. The Morgan fingerprint density at radius 2 is 1.93 bits per heavy atom. The predicted octanol–water partition coefficient (Wildman–Crippen LogP) is 2.60. The summed E-state index contributed by atoms with van der Waals surface area (Å²) in [4.78, 5) is 31.0. The number of benzene rings is 1. The maximum absolute atomic E-state index is 13.1. The van der Waals surface area contributed by atoms with Crippen molar-refractivity contribution < 1.29 is 14.0 Å². The standard InChI is InChI=1S/C22H26N4O3/c1-17-5-3-6-20(18(17)2)26(9-4-8-23)21(27)15-24-10-12-25(13-11-24)22(28)19-7-14-29-16-19/h3,5-7,14,16H,4,9-13,15H2,1-2H3. The molecule has 2 aromatic rings. The van der Waals surface area contributed by atoms with Gasteiger partial charge in [-0.3, -0.25) is 14.5 Å². The fraction of sp³-hybridized carbons (Fsp3) is 0.409. The van der Waals surface area contributed by atoms with E-state index in [0.29, 0.717) is 38.3 Å². The van der Waals surface area contributed by atoms with Crippen molar-refractivity contribution in [1.29, 1.82) is 5.26 Å². The highest BCUT2D eigenvalue weighted by atomic mass is 16.3. The lowest BCUT2D eigenvalue weighted by Gasteiger charge is -2.35. The van der Waals surface area contributed by atoms with E-state index >= 15 is 0 Å². The van der Waals surface area contributed by atoms with Gasteiger partial charge in [-0.1, -0.05) is 12.1 Å². The molecule has 29 heavy (non-hydrogen) atoms. The van der Waals surface area contributed by atoms with E-state index in [9.17, 15) is 9.59 Å². The first kappa shape index (κ1) is 20.6. The van der Waals surface area contributed by atoms with Crippen LogP contribution in [0.25, 0.3) is 0 Å². The first-order chi connectivity index (χ1) is 14.0. The highest BCUT2D eigenvalue weighted by Crippen LogP contribution is 2.23. The van der Waals surface area contributed by atoms with Crippen molar-refractivity contribution in [1.82, 2.24) is 9.80 Å². The van der Waals surface area contributed by atoms with Crippen LogP contribution in [0.5, 0.6) is 0 Å². The minimum absolute atomic E-state index is 0.0245. The molecule has 1 fully saturated rings. The third-order valence-corrected chi connectivity index (χ3v) is 5.40. The van der Waals surface area contributed by atoms with E-state index in [4.69, 9.17) is 9.68 Å². The van der Waals surface area contributed by atoms with E-state index < -0.39 is 0 Å². The number of nitriles is 1. The Balaban J connectivity index is 1.62. The number of hydrogen-bond donors (Lipinski definition) is 0. The van der Waals surface area contributed by atoms with Gasteiger partial charge in [-0.05, 0) is 37.1 Å². The van der Waals surface area contributed by atoms with Crippen molar-refractivity contribution in [3.63, 3.8) is 0 Å². The molecule has 0 radical (unpaired) electrons. The van der Waals surface area contributed by atoms with Gasteiger partial charge in [0.15, 0.2) is 0 Å². The number of anilines is 1. The van der Waals surface area contributed by atoms with Gasteiger partial charge in [-0.15, -0.1) is 0 Å². The van der Waals surface area contributed by atoms with Crippen LogP contribution >= 0.6 is 0 Å². The number of hydrogen-bond acceptors (Lipinski definition) is 5. The summed E-state index contributed by atoms with van der Waals surface area (Å²) in [5, 5.41) is 9.01. The zero-order valence-corrected chi connectivity index (χ0v) is 16.9. The Kier molecular flexibility index (Phi) is 6.68. The Labute approximate surface area is 171 Å². The number of carbonyl (C=O) groups is 2. The average molecular weight is 394 g/mol. The zero-order valence-electron chi connectivity index (χ0n) is 16.9. The lowest BCUT2D eigenvalue weighted by molar-refractivity contribution is -0.120. The average Bonchev–Trinajstić information content (AvgIpc) is 3.26. The molecule has 1 aliphatic heterocycles. The Morgan fingerprint density at radius 3 is 2.59 bits per heavy atom. The molecule has 0 aliphatic carbocycles. The van der Waals surface area contributed by atoms with Crippen LogP contribution < -0.4 is 4.90 Å². The summed E-state index contributed by atoms with van der Waals surface area (Å²) in [5.41, 5.74) is 3.57. The second-order valence-corrected chi connectivity index (χ2v) is 7.25. The summed E-state index contributed by atoms with van der Waals surface area (Å²) >= 11 is 0. The lowest BCUT2D eigenvalue weighted by atomic mass is 10.1. The molecule has 1 aliphatic rings. The monoisotopic (exact) mass is 394 g/mol. The van der Waals surface area contributed by atoms with E-state index in [2.05, 4.69) is 11.0 Å². The van der Waals surface area contributed by atoms with E-state index in [1.54, 1.807) is 15.9 Å². The highest BCUT2D eigenvalue weighted by Gasteiger charge is 2.26. The third kappa shape index (κ3) is 4.84. The molecule has 2 amide bonds. The van der Waals surface area contributed by atoms with E-state index in [1.807, 2.05) is 32.0 Å². The highest BCUT2D eigenvalue weighted by molar-refractivity contribution is 5.96. The second kappa shape index (κ2) is 9.39. The number of furan rings is 1. The maximum atomic E-state index is 13.1. The molecule has 7 heteroatoms. The number of rotatable bonds is 6. The van der Waals surface area contributed by atoms with Crippen LogP contribution in [0.15, 0.2) is 41.2 Å². The number of amides is 2. The van der Waals surface area contributed by atoms with Gasteiger partial charge >= 0.3 is 0 Å². The van der Waals surface area contributed by atoms with E-state index in [-0.39, 0.29) is 24.8 Å². The van der Waals surface area contributed by atoms with Crippen molar-refractivity contribution in [2.45, 2.75) is 20.3 Å². The normalized spacial score (nSPS) is 14.4. The Morgan fingerprint density at radius 1 is 1.17 bits per heavy atom. The molecule has 0 atom stereocenters. The largest absolute Gasteiger partial charge is 0.472 e. The van der Waals surface area contributed by atoms with Crippen LogP contribution in [0.3, 0.4) is 0 Å². The molecular weight excluding hydrogens is 368 g/mol. The molecule has 7 nitrogen and oxygen atoms in total. The molecule has 0 spiro atoms. The van der Waals surface area contributed by atoms with Crippen molar-refractivity contribution in [2.75, 3.05) is 44.2 Å². The Hall–Kier alpha value is -3.11. The molecule has 3 rings (SSSR count). The summed E-state index contributed by atoms with van der Waals surface area (Å²) in [7, 11) is 0. The fourth-order valence-corrected chi connectivity index (χ4v) is 3.52. The lowest BCUT2D eigenvalue weighted by Crippen LogP contribution is -2.51. The first-order valence-corrected chi connectivity index (χ1v) is 9.78. The molecule has 0 N–H and O–H groups in total. The molecule has 1 aromatic carbocycles. The number of piperazine rings is 1. The number of carbonyl (C=O) groups excluding carboxylic acids is 2. The SMILES string of the molecule is Cc1cccc(N(CCC#N)C(=O)CN2CCN(C(=O)c3ccoc3)CC2)c1C. The van der Waals surface area contributed by atoms with Gasteiger partial charge in [-0.25, -0.2) is 0 Å². The van der Waals surface area contributed by atoms with Crippen molar-refractivity contribution >= 4 is 17.5 Å². The van der Waals surface area contributed by atoms with Crippen molar-refractivity contribution in [2.24, 2.45) is 0 Å². The number of aryl methyl sites for hydroxylation is 1. The van der Waals surface area contributed by atoms with Crippen molar-refractivity contribution in [3.8, 4) is 6.07 Å². The molecule has 0 bridgehead atoms. The molecule has 0 unspecified atom stereocenters. The summed E-state index contributed by atoms with van der Waals surface area (Å²) < 4.78 is 4.99. The summed E-state index contributed by atoms with van der Waals surface area (Å²) in [5.74, 6) is -0.0701. The van der Waals surface area contributed by atoms with Crippen LogP contribution in [0.4, 0.5) is 5.69 Å². The molecule has 1 aromatic heterocycles. The molecule has 0 saturated carbocycles. The van der Waals surface area contributed by atoms with Gasteiger partial charge in [0.2, 0.25) is 5.91 Å². The van der Waals surface area contributed by atoms with E-state index in [0.717, 1.165) is 16.8 Å². The second-order valence-electron chi connectivity index (χ2n) is 7.25. The quantitative estimate of drug-likeness (QED) is 0.752. The third-order valence-electron chi connectivity index (χ3n) is 5.40. The molecular formula is C22H26N4O3. The van der Waals surface area contributed by atoms with E-state index in [1.165, 1.54) is 12.5 Å². The molecule has 152 valence electrons.